The molecule has 0 N–H and O–H groups in total. The summed E-state index contributed by atoms with van der Waals surface area (Å²) in [5.41, 5.74) is 0.391. The normalized spacial score (nSPS) is 17.6. The minimum Gasteiger partial charge on any atom is -0.197 e. The second-order valence-corrected chi connectivity index (χ2v) is 4.58. The molecule has 0 spiro atoms. The van der Waals surface area contributed by atoms with Crippen LogP contribution < -0.4 is 0 Å². The minimum atomic E-state index is -0.411. The lowest BCUT2D eigenvalue weighted by Gasteiger charge is -2.10. The first-order valence-electron chi connectivity index (χ1n) is 4.16. The van der Waals surface area contributed by atoms with Crippen molar-refractivity contribution in [2.75, 3.05) is 0 Å². The van der Waals surface area contributed by atoms with Gasteiger partial charge >= 0.3 is 0 Å². The predicted molar refractivity (Wildman–Crippen MR) is 58.0 cm³/mol. The molecular weight excluding hydrogens is 240 g/mol. The fourth-order valence-corrected chi connectivity index (χ4v) is 2.18. The van der Waals surface area contributed by atoms with Crippen molar-refractivity contribution >= 4 is 34.8 Å². The fourth-order valence-electron chi connectivity index (χ4n) is 1.46. The Hall–Kier alpha value is -0.420. The summed E-state index contributed by atoms with van der Waals surface area (Å²) >= 11 is 17.7. The first-order valence-corrected chi connectivity index (χ1v) is 5.29. The molecular formula is C10H6Cl3N. The van der Waals surface area contributed by atoms with Crippen LogP contribution in [0.4, 0.5) is 0 Å². The summed E-state index contributed by atoms with van der Waals surface area (Å²) < 4.78 is 0. The zero-order valence-electron chi connectivity index (χ0n) is 7.15. The topological polar surface area (TPSA) is 23.8 Å². The summed E-state index contributed by atoms with van der Waals surface area (Å²) in [4.78, 5) is 0. The van der Waals surface area contributed by atoms with Gasteiger partial charge in [-0.3, -0.25) is 0 Å². The van der Waals surface area contributed by atoms with Gasteiger partial charge in [-0.1, -0.05) is 40.9 Å². The first-order chi connectivity index (χ1) is 6.60. The van der Waals surface area contributed by atoms with E-state index in [2.05, 4.69) is 6.07 Å². The zero-order chi connectivity index (χ0) is 10.3. The zero-order valence-corrected chi connectivity index (χ0v) is 9.42. The summed E-state index contributed by atoms with van der Waals surface area (Å²) in [6.07, 6.45) is 1.70. The molecule has 0 unspecified atom stereocenters. The molecule has 1 aromatic rings. The van der Waals surface area contributed by atoms with Crippen LogP contribution in [0.5, 0.6) is 0 Å². The first kappa shape index (κ1) is 10.1. The van der Waals surface area contributed by atoms with Crippen LogP contribution in [0.1, 0.15) is 18.4 Å². The summed E-state index contributed by atoms with van der Waals surface area (Å²) in [7, 11) is 0. The number of hydrogen-bond acceptors (Lipinski definition) is 1. The second-order valence-electron chi connectivity index (χ2n) is 3.42. The van der Waals surface area contributed by atoms with Crippen molar-refractivity contribution < 1.29 is 0 Å². The molecule has 0 heterocycles. The van der Waals surface area contributed by atoms with E-state index in [-0.39, 0.29) is 0 Å². The summed E-state index contributed by atoms with van der Waals surface area (Å²) in [5.74, 6) is 0. The maximum absolute atomic E-state index is 9.01. The maximum Gasteiger partial charge on any atom is 0.0838 e. The average Bonchev–Trinajstić information content (AvgIpc) is 2.95. The van der Waals surface area contributed by atoms with Gasteiger partial charge in [0.1, 0.15) is 0 Å². The van der Waals surface area contributed by atoms with Crippen molar-refractivity contribution in [3.05, 3.63) is 32.8 Å². The number of halogens is 3. The fraction of sp³-hybridized carbons (Fsp3) is 0.300. The van der Waals surface area contributed by atoms with Gasteiger partial charge in [0.15, 0.2) is 0 Å². The minimum absolute atomic E-state index is 0.340. The van der Waals surface area contributed by atoms with Crippen molar-refractivity contribution in [2.45, 2.75) is 18.3 Å². The molecule has 1 fully saturated rings. The van der Waals surface area contributed by atoms with E-state index in [4.69, 9.17) is 40.1 Å². The highest BCUT2D eigenvalue weighted by Gasteiger charge is 2.46. The number of nitriles is 1. The Kier molecular flexibility index (Phi) is 2.39. The molecule has 14 heavy (non-hydrogen) atoms. The molecule has 1 saturated carbocycles. The largest absolute Gasteiger partial charge is 0.197 e. The van der Waals surface area contributed by atoms with Crippen LogP contribution in [0.15, 0.2) is 12.1 Å². The molecule has 4 heteroatoms. The highest BCUT2D eigenvalue weighted by atomic mass is 35.5. The average molecular weight is 247 g/mol. The van der Waals surface area contributed by atoms with E-state index in [1.54, 1.807) is 12.1 Å². The van der Waals surface area contributed by atoms with E-state index in [9.17, 15) is 0 Å². The Morgan fingerprint density at radius 3 is 2.29 bits per heavy atom. The molecule has 2 rings (SSSR count). The van der Waals surface area contributed by atoms with Crippen molar-refractivity contribution in [1.29, 1.82) is 5.26 Å². The van der Waals surface area contributed by atoms with E-state index in [1.165, 1.54) is 0 Å². The Balaban J connectivity index is 2.57. The summed E-state index contributed by atoms with van der Waals surface area (Å²) in [6, 6.07) is 5.74. The van der Waals surface area contributed by atoms with Gasteiger partial charge < -0.3 is 0 Å². The molecule has 72 valence electrons. The van der Waals surface area contributed by atoms with E-state index in [0.29, 0.717) is 15.1 Å². The predicted octanol–water partition coefficient (Wildman–Crippen LogP) is 4.20. The standard InChI is InChI=1S/C10H6Cl3N/c11-7-2-1-6(8(12)9(7)13)10(5-14)3-4-10/h1-2H,3-4H2. The number of hydrogen-bond donors (Lipinski definition) is 0. The highest BCUT2D eigenvalue weighted by Crippen LogP contribution is 2.51. The second kappa shape index (κ2) is 3.31. The van der Waals surface area contributed by atoms with Gasteiger partial charge in [-0.15, -0.1) is 0 Å². The molecule has 0 atom stereocenters. The summed E-state index contributed by atoms with van der Waals surface area (Å²) in [5, 5.41) is 10.2. The van der Waals surface area contributed by atoms with Crippen LogP contribution in [0.25, 0.3) is 0 Å². The third-order valence-electron chi connectivity index (χ3n) is 2.51. The van der Waals surface area contributed by atoms with E-state index >= 15 is 0 Å². The van der Waals surface area contributed by atoms with Crippen molar-refractivity contribution in [3.8, 4) is 6.07 Å². The number of benzene rings is 1. The Bertz CT molecular complexity index is 430. The molecule has 0 aromatic heterocycles. The Morgan fingerprint density at radius 2 is 1.79 bits per heavy atom. The Labute approximate surface area is 97.2 Å². The van der Waals surface area contributed by atoms with Crippen molar-refractivity contribution in [2.24, 2.45) is 0 Å². The molecule has 1 aliphatic rings. The molecule has 0 aliphatic heterocycles. The molecule has 1 aliphatic carbocycles. The van der Waals surface area contributed by atoms with Gasteiger partial charge in [-0.25, -0.2) is 0 Å². The third-order valence-corrected chi connectivity index (χ3v) is 3.81. The lowest BCUT2D eigenvalue weighted by molar-refractivity contribution is 0.909. The van der Waals surface area contributed by atoms with Crippen LogP contribution >= 0.6 is 34.8 Å². The maximum atomic E-state index is 9.01. The van der Waals surface area contributed by atoms with Crippen molar-refractivity contribution in [1.82, 2.24) is 0 Å². The van der Waals surface area contributed by atoms with Crippen LogP contribution in [0.2, 0.25) is 15.1 Å². The van der Waals surface area contributed by atoms with Gasteiger partial charge in [0.25, 0.3) is 0 Å². The molecule has 0 amide bonds. The highest BCUT2D eigenvalue weighted by molar-refractivity contribution is 6.48. The molecule has 0 saturated heterocycles. The van der Waals surface area contributed by atoms with E-state index in [1.807, 2.05) is 0 Å². The van der Waals surface area contributed by atoms with Crippen LogP contribution in [0, 0.1) is 11.3 Å². The van der Waals surface area contributed by atoms with Gasteiger partial charge in [0, 0.05) is 0 Å². The Morgan fingerprint density at radius 1 is 1.14 bits per heavy atom. The smallest absolute Gasteiger partial charge is 0.0838 e. The molecule has 1 nitrogen and oxygen atoms in total. The van der Waals surface area contributed by atoms with E-state index < -0.39 is 5.41 Å². The number of rotatable bonds is 1. The monoisotopic (exact) mass is 245 g/mol. The van der Waals surface area contributed by atoms with Crippen molar-refractivity contribution in [3.63, 3.8) is 0 Å². The molecule has 0 radical (unpaired) electrons. The SMILES string of the molecule is N#CC1(c2ccc(Cl)c(Cl)c2Cl)CC1. The van der Waals surface area contributed by atoms with Crippen LogP contribution in [-0.4, -0.2) is 0 Å². The van der Waals surface area contributed by atoms with Gasteiger partial charge in [0.2, 0.25) is 0 Å². The quantitative estimate of drug-likeness (QED) is 0.681. The third kappa shape index (κ3) is 1.39. The van der Waals surface area contributed by atoms with Crippen LogP contribution in [0.3, 0.4) is 0 Å². The molecule has 1 aromatic carbocycles. The summed E-state index contributed by atoms with van der Waals surface area (Å²) in [6.45, 7) is 0. The van der Waals surface area contributed by atoms with Crippen LogP contribution in [-0.2, 0) is 5.41 Å². The van der Waals surface area contributed by atoms with Gasteiger partial charge in [-0.2, -0.15) is 5.26 Å². The lowest BCUT2D eigenvalue weighted by Crippen LogP contribution is -2.03. The number of nitrogens with zero attached hydrogens (tertiary/aromatic N) is 1. The van der Waals surface area contributed by atoms with E-state index in [0.717, 1.165) is 18.4 Å². The molecule has 0 bridgehead atoms. The lowest BCUT2D eigenvalue weighted by atomic mass is 9.98. The van der Waals surface area contributed by atoms with Gasteiger partial charge in [-0.05, 0) is 24.5 Å². The van der Waals surface area contributed by atoms with Gasteiger partial charge in [0.05, 0.1) is 26.6 Å².